The molecule has 80 valence electrons. The zero-order valence-corrected chi connectivity index (χ0v) is 9.59. The molecule has 1 aliphatic carbocycles. The van der Waals surface area contributed by atoms with Gasteiger partial charge in [-0.2, -0.15) is 0 Å². The van der Waals surface area contributed by atoms with Gasteiger partial charge in [-0.3, -0.25) is 4.79 Å². The number of rotatable bonds is 1. The van der Waals surface area contributed by atoms with Crippen molar-refractivity contribution in [2.75, 3.05) is 0 Å². The number of allylic oxidation sites excluding steroid dienone is 1. The molecule has 2 unspecified atom stereocenters. The molecule has 0 aliphatic heterocycles. The first-order valence-corrected chi connectivity index (χ1v) is 5.33. The van der Waals surface area contributed by atoms with E-state index < -0.39 is 0 Å². The topological polar surface area (TPSA) is 26.3 Å². The maximum Gasteiger partial charge on any atom is 0.302 e. The van der Waals surface area contributed by atoms with Crippen LogP contribution in [0.15, 0.2) is 11.1 Å². The van der Waals surface area contributed by atoms with Crippen molar-refractivity contribution in [3.05, 3.63) is 11.1 Å². The normalized spacial score (nSPS) is 27.3. The molecule has 2 atom stereocenters. The van der Waals surface area contributed by atoms with Crippen LogP contribution >= 0.6 is 0 Å². The van der Waals surface area contributed by atoms with Gasteiger partial charge in [0.1, 0.15) is 6.10 Å². The van der Waals surface area contributed by atoms with E-state index in [0.717, 1.165) is 12.8 Å². The molecular weight excluding hydrogens is 176 g/mol. The number of esters is 1. The lowest BCUT2D eigenvalue weighted by atomic mass is 9.83. The van der Waals surface area contributed by atoms with Crippen molar-refractivity contribution in [1.29, 1.82) is 0 Å². The Morgan fingerprint density at radius 2 is 2.00 bits per heavy atom. The standard InChI is InChI=1S/C12H20O2/c1-8(2)11-6-5-9(3)12(7-11)14-10(4)13/h9,12H,5-7H2,1-4H3. The van der Waals surface area contributed by atoms with Crippen molar-refractivity contribution < 1.29 is 9.53 Å². The SMILES string of the molecule is CC(=O)OC1CC(=C(C)C)CCC1C. The number of ether oxygens (including phenoxy) is 1. The Kier molecular flexibility index (Phi) is 3.73. The Hall–Kier alpha value is -0.790. The van der Waals surface area contributed by atoms with Crippen LogP contribution in [0.3, 0.4) is 0 Å². The molecule has 2 heteroatoms. The van der Waals surface area contributed by atoms with E-state index in [1.807, 2.05) is 0 Å². The molecule has 0 saturated heterocycles. The van der Waals surface area contributed by atoms with E-state index in [1.54, 1.807) is 0 Å². The summed E-state index contributed by atoms with van der Waals surface area (Å²) in [5.74, 6) is 0.346. The highest BCUT2D eigenvalue weighted by Gasteiger charge is 2.26. The minimum Gasteiger partial charge on any atom is -0.462 e. The molecule has 0 aromatic heterocycles. The summed E-state index contributed by atoms with van der Waals surface area (Å²) in [5, 5.41) is 0. The highest BCUT2D eigenvalue weighted by Crippen LogP contribution is 2.32. The van der Waals surface area contributed by atoms with Crippen molar-refractivity contribution in [1.82, 2.24) is 0 Å². The molecule has 0 radical (unpaired) electrons. The lowest BCUT2D eigenvalue weighted by molar-refractivity contribution is -0.149. The summed E-state index contributed by atoms with van der Waals surface area (Å²) in [6.45, 7) is 7.92. The number of carbonyl (C=O) groups excluding carboxylic acids is 1. The van der Waals surface area contributed by atoms with E-state index in [2.05, 4.69) is 20.8 Å². The average Bonchev–Trinajstić information content (AvgIpc) is 2.07. The van der Waals surface area contributed by atoms with Crippen LogP contribution in [-0.2, 0) is 9.53 Å². The van der Waals surface area contributed by atoms with Crippen LogP contribution in [0.4, 0.5) is 0 Å². The second-order valence-electron chi connectivity index (χ2n) is 4.47. The van der Waals surface area contributed by atoms with Crippen LogP contribution in [0.25, 0.3) is 0 Å². The lowest BCUT2D eigenvalue weighted by Gasteiger charge is -2.30. The minimum absolute atomic E-state index is 0.103. The minimum atomic E-state index is -0.156. The van der Waals surface area contributed by atoms with E-state index >= 15 is 0 Å². The zero-order valence-electron chi connectivity index (χ0n) is 9.59. The number of hydrogen-bond donors (Lipinski definition) is 0. The third kappa shape index (κ3) is 2.86. The van der Waals surface area contributed by atoms with Gasteiger partial charge in [-0.15, -0.1) is 0 Å². The van der Waals surface area contributed by atoms with E-state index in [-0.39, 0.29) is 12.1 Å². The van der Waals surface area contributed by atoms with Gasteiger partial charge in [0.25, 0.3) is 0 Å². The quantitative estimate of drug-likeness (QED) is 0.476. The summed E-state index contributed by atoms with van der Waals surface area (Å²) in [6, 6.07) is 0. The Morgan fingerprint density at radius 3 is 2.50 bits per heavy atom. The molecule has 1 fully saturated rings. The summed E-state index contributed by atoms with van der Waals surface area (Å²) in [7, 11) is 0. The predicted octanol–water partition coefficient (Wildman–Crippen LogP) is 3.07. The van der Waals surface area contributed by atoms with Gasteiger partial charge >= 0.3 is 5.97 Å². The van der Waals surface area contributed by atoms with Crippen LogP contribution < -0.4 is 0 Å². The summed E-state index contributed by atoms with van der Waals surface area (Å²) in [6.07, 6.45) is 3.34. The van der Waals surface area contributed by atoms with Crippen molar-refractivity contribution in [3.8, 4) is 0 Å². The highest BCUT2D eigenvalue weighted by molar-refractivity contribution is 5.66. The lowest BCUT2D eigenvalue weighted by Crippen LogP contribution is -2.28. The summed E-state index contributed by atoms with van der Waals surface area (Å²) in [4.78, 5) is 10.9. The molecule has 1 saturated carbocycles. The van der Waals surface area contributed by atoms with Crippen LogP contribution in [0.5, 0.6) is 0 Å². The van der Waals surface area contributed by atoms with Gasteiger partial charge < -0.3 is 4.74 Å². The first kappa shape index (κ1) is 11.3. The Balaban J connectivity index is 2.64. The average molecular weight is 196 g/mol. The number of carbonyl (C=O) groups is 1. The van der Waals surface area contributed by atoms with Crippen LogP contribution in [0, 0.1) is 5.92 Å². The van der Waals surface area contributed by atoms with Gasteiger partial charge in [0.15, 0.2) is 0 Å². The molecule has 0 amide bonds. The smallest absolute Gasteiger partial charge is 0.302 e. The van der Waals surface area contributed by atoms with Gasteiger partial charge in [0.2, 0.25) is 0 Å². The highest BCUT2D eigenvalue weighted by atomic mass is 16.5. The van der Waals surface area contributed by atoms with Crippen molar-refractivity contribution >= 4 is 5.97 Å². The zero-order chi connectivity index (χ0) is 10.7. The fraction of sp³-hybridized carbons (Fsp3) is 0.750. The molecule has 14 heavy (non-hydrogen) atoms. The Morgan fingerprint density at radius 1 is 1.36 bits per heavy atom. The van der Waals surface area contributed by atoms with Gasteiger partial charge in [0, 0.05) is 13.3 Å². The molecule has 0 aromatic rings. The van der Waals surface area contributed by atoms with Gasteiger partial charge in [-0.25, -0.2) is 0 Å². The first-order chi connectivity index (χ1) is 6.50. The van der Waals surface area contributed by atoms with Crippen molar-refractivity contribution in [2.45, 2.75) is 53.1 Å². The summed E-state index contributed by atoms with van der Waals surface area (Å²) < 4.78 is 5.31. The fourth-order valence-electron chi connectivity index (χ4n) is 1.96. The molecule has 0 N–H and O–H groups in total. The van der Waals surface area contributed by atoms with Crippen LogP contribution in [0.2, 0.25) is 0 Å². The molecule has 0 bridgehead atoms. The third-order valence-corrected chi connectivity index (χ3v) is 3.01. The van der Waals surface area contributed by atoms with Crippen LogP contribution in [-0.4, -0.2) is 12.1 Å². The van der Waals surface area contributed by atoms with E-state index in [4.69, 9.17) is 4.74 Å². The third-order valence-electron chi connectivity index (χ3n) is 3.01. The summed E-state index contributed by atoms with van der Waals surface area (Å²) in [5.41, 5.74) is 2.85. The van der Waals surface area contributed by atoms with Crippen LogP contribution in [0.1, 0.15) is 47.0 Å². The largest absolute Gasteiger partial charge is 0.462 e. The molecular formula is C12H20O2. The predicted molar refractivity (Wildman–Crippen MR) is 56.9 cm³/mol. The van der Waals surface area contributed by atoms with E-state index in [0.29, 0.717) is 5.92 Å². The number of hydrogen-bond acceptors (Lipinski definition) is 2. The monoisotopic (exact) mass is 196 g/mol. The van der Waals surface area contributed by atoms with Gasteiger partial charge in [-0.1, -0.05) is 18.1 Å². The van der Waals surface area contributed by atoms with Gasteiger partial charge in [0.05, 0.1) is 0 Å². The van der Waals surface area contributed by atoms with E-state index in [1.165, 1.54) is 24.5 Å². The molecule has 2 nitrogen and oxygen atoms in total. The molecule has 1 aliphatic rings. The second kappa shape index (κ2) is 4.63. The van der Waals surface area contributed by atoms with Crippen molar-refractivity contribution in [3.63, 3.8) is 0 Å². The molecule has 0 spiro atoms. The molecule has 1 rings (SSSR count). The Labute approximate surface area is 86.3 Å². The maximum absolute atomic E-state index is 10.9. The summed E-state index contributed by atoms with van der Waals surface area (Å²) >= 11 is 0. The molecule has 0 aromatic carbocycles. The fourth-order valence-corrected chi connectivity index (χ4v) is 1.96. The van der Waals surface area contributed by atoms with Crippen molar-refractivity contribution in [2.24, 2.45) is 5.92 Å². The van der Waals surface area contributed by atoms with Gasteiger partial charge in [-0.05, 0) is 32.6 Å². The second-order valence-corrected chi connectivity index (χ2v) is 4.47. The first-order valence-electron chi connectivity index (χ1n) is 5.33. The molecule has 0 heterocycles. The van der Waals surface area contributed by atoms with E-state index in [9.17, 15) is 4.79 Å². The Bertz CT molecular complexity index is 249. The maximum atomic E-state index is 10.9.